The van der Waals surface area contributed by atoms with Crippen LogP contribution in [-0.4, -0.2) is 12.7 Å². The van der Waals surface area contributed by atoms with Crippen molar-refractivity contribution in [1.29, 1.82) is 0 Å². The van der Waals surface area contributed by atoms with Crippen molar-refractivity contribution < 1.29 is 13.5 Å². The number of ether oxygens (including phenoxy) is 1. The van der Waals surface area contributed by atoms with Gasteiger partial charge in [-0.3, -0.25) is 0 Å². The number of hydrogen-bond acceptors (Lipinski definition) is 2. The zero-order valence-electron chi connectivity index (χ0n) is 9.76. The topological polar surface area (TPSA) is 35.2 Å². The highest BCUT2D eigenvalue weighted by atomic mass is 19.1. The number of hydrogen-bond donors (Lipinski definition) is 1. The van der Waals surface area contributed by atoms with Crippen molar-refractivity contribution in [1.82, 2.24) is 0 Å². The van der Waals surface area contributed by atoms with Crippen LogP contribution in [0.1, 0.15) is 31.9 Å². The summed E-state index contributed by atoms with van der Waals surface area (Å²) >= 11 is 0. The molecule has 0 bridgehead atoms. The van der Waals surface area contributed by atoms with Gasteiger partial charge in [-0.2, -0.15) is 0 Å². The number of nitrogens with two attached hydrogens (primary N) is 1. The predicted molar refractivity (Wildman–Crippen MR) is 59.0 cm³/mol. The summed E-state index contributed by atoms with van der Waals surface area (Å²) in [5.41, 5.74) is 5.91. The molecule has 1 aromatic rings. The van der Waals surface area contributed by atoms with Crippen LogP contribution in [0.3, 0.4) is 0 Å². The zero-order chi connectivity index (χ0) is 12.3. The van der Waals surface area contributed by atoms with Crippen LogP contribution in [0.25, 0.3) is 0 Å². The third-order valence-electron chi connectivity index (χ3n) is 2.58. The second-order valence-corrected chi connectivity index (χ2v) is 4.48. The number of rotatable bonds is 4. The maximum Gasteiger partial charge on any atom is 0.126 e. The van der Waals surface area contributed by atoms with Crippen molar-refractivity contribution in [2.75, 3.05) is 7.11 Å². The molecule has 16 heavy (non-hydrogen) atoms. The van der Waals surface area contributed by atoms with Crippen LogP contribution in [0.5, 0.6) is 0 Å². The van der Waals surface area contributed by atoms with E-state index >= 15 is 0 Å². The summed E-state index contributed by atoms with van der Waals surface area (Å²) in [6, 6.07) is 2.89. The predicted octanol–water partition coefficient (Wildman–Crippen LogP) is 2.78. The van der Waals surface area contributed by atoms with Gasteiger partial charge < -0.3 is 10.5 Å². The fraction of sp³-hybridized carbons (Fsp3) is 0.500. The van der Waals surface area contributed by atoms with Crippen molar-refractivity contribution in [3.05, 3.63) is 35.4 Å². The van der Waals surface area contributed by atoms with E-state index in [4.69, 9.17) is 10.5 Å². The van der Waals surface area contributed by atoms with Crippen molar-refractivity contribution in [2.24, 2.45) is 5.73 Å². The van der Waals surface area contributed by atoms with Crippen LogP contribution in [0.15, 0.2) is 18.2 Å². The highest BCUT2D eigenvalue weighted by Gasteiger charge is 2.22. The number of halogens is 2. The SMILES string of the molecule is COC(C)(C)CC(N)c1cc(F)cc(F)c1. The first-order valence-corrected chi connectivity index (χ1v) is 5.11. The molecule has 2 nitrogen and oxygen atoms in total. The summed E-state index contributed by atoms with van der Waals surface area (Å²) < 4.78 is 31.2. The Morgan fingerprint density at radius 1 is 1.25 bits per heavy atom. The molecule has 1 aromatic carbocycles. The lowest BCUT2D eigenvalue weighted by Crippen LogP contribution is -2.28. The second kappa shape index (κ2) is 4.89. The Kier molecular flexibility index (Phi) is 3.99. The highest BCUT2D eigenvalue weighted by molar-refractivity contribution is 5.21. The van der Waals surface area contributed by atoms with E-state index in [1.807, 2.05) is 13.8 Å². The van der Waals surface area contributed by atoms with Crippen LogP contribution < -0.4 is 5.73 Å². The summed E-state index contributed by atoms with van der Waals surface area (Å²) in [7, 11) is 1.58. The summed E-state index contributed by atoms with van der Waals surface area (Å²) in [6.07, 6.45) is 0.492. The van der Waals surface area contributed by atoms with E-state index in [0.29, 0.717) is 12.0 Å². The standard InChI is InChI=1S/C12H17F2NO/c1-12(2,16-3)7-11(15)8-4-9(13)6-10(14)5-8/h4-6,11H,7,15H2,1-3H3. The van der Waals surface area contributed by atoms with Gasteiger partial charge in [0.25, 0.3) is 0 Å². The van der Waals surface area contributed by atoms with Gasteiger partial charge in [-0.05, 0) is 38.0 Å². The lowest BCUT2D eigenvalue weighted by atomic mass is 9.94. The average molecular weight is 229 g/mol. The van der Waals surface area contributed by atoms with E-state index < -0.39 is 23.3 Å². The maximum absolute atomic E-state index is 13.0. The Labute approximate surface area is 94.4 Å². The van der Waals surface area contributed by atoms with E-state index in [1.54, 1.807) is 7.11 Å². The monoisotopic (exact) mass is 229 g/mol. The Bertz CT molecular complexity index is 346. The molecule has 0 aliphatic rings. The third kappa shape index (κ3) is 3.54. The van der Waals surface area contributed by atoms with E-state index in [1.165, 1.54) is 12.1 Å². The van der Waals surface area contributed by atoms with Gasteiger partial charge >= 0.3 is 0 Å². The Morgan fingerprint density at radius 3 is 2.19 bits per heavy atom. The number of methoxy groups -OCH3 is 1. The van der Waals surface area contributed by atoms with Gasteiger partial charge in [-0.15, -0.1) is 0 Å². The fourth-order valence-corrected chi connectivity index (χ4v) is 1.52. The lowest BCUT2D eigenvalue weighted by Gasteiger charge is -2.26. The summed E-state index contributed by atoms with van der Waals surface area (Å²) in [5, 5.41) is 0. The highest BCUT2D eigenvalue weighted by Crippen LogP contribution is 2.24. The lowest BCUT2D eigenvalue weighted by molar-refractivity contribution is 0.00991. The van der Waals surface area contributed by atoms with Gasteiger partial charge in [0.15, 0.2) is 0 Å². The van der Waals surface area contributed by atoms with E-state index in [2.05, 4.69) is 0 Å². The van der Waals surface area contributed by atoms with Crippen LogP contribution in [0.2, 0.25) is 0 Å². The zero-order valence-corrected chi connectivity index (χ0v) is 9.76. The largest absolute Gasteiger partial charge is 0.379 e. The molecule has 90 valence electrons. The minimum atomic E-state index is -0.610. The molecule has 0 spiro atoms. The number of benzene rings is 1. The minimum absolute atomic E-state index is 0.414. The Hall–Kier alpha value is -1.00. The van der Waals surface area contributed by atoms with Crippen LogP contribution in [0, 0.1) is 11.6 Å². The van der Waals surface area contributed by atoms with Gasteiger partial charge in [0.05, 0.1) is 5.60 Å². The molecule has 0 radical (unpaired) electrons. The second-order valence-electron chi connectivity index (χ2n) is 4.48. The molecule has 0 saturated carbocycles. The van der Waals surface area contributed by atoms with Crippen molar-refractivity contribution in [2.45, 2.75) is 31.9 Å². The van der Waals surface area contributed by atoms with Gasteiger partial charge in [-0.25, -0.2) is 8.78 Å². The van der Waals surface area contributed by atoms with Crippen LogP contribution in [0.4, 0.5) is 8.78 Å². The molecule has 2 N–H and O–H groups in total. The Balaban J connectivity index is 2.84. The van der Waals surface area contributed by atoms with Gasteiger partial charge in [0.1, 0.15) is 11.6 Å². The third-order valence-corrected chi connectivity index (χ3v) is 2.58. The molecule has 1 atom stereocenters. The maximum atomic E-state index is 13.0. The van der Waals surface area contributed by atoms with Crippen molar-refractivity contribution >= 4 is 0 Å². The van der Waals surface area contributed by atoms with Crippen LogP contribution in [-0.2, 0) is 4.74 Å². The normalized spacial score (nSPS) is 13.9. The summed E-state index contributed by atoms with van der Waals surface area (Å²) in [6.45, 7) is 3.75. The molecule has 1 rings (SSSR count). The van der Waals surface area contributed by atoms with Crippen LogP contribution >= 0.6 is 0 Å². The molecule has 0 heterocycles. The fourth-order valence-electron chi connectivity index (χ4n) is 1.52. The summed E-state index contributed by atoms with van der Waals surface area (Å²) in [4.78, 5) is 0. The average Bonchev–Trinajstić information content (AvgIpc) is 2.15. The van der Waals surface area contributed by atoms with Crippen molar-refractivity contribution in [3.63, 3.8) is 0 Å². The molecule has 0 aliphatic carbocycles. The first kappa shape index (κ1) is 13.1. The van der Waals surface area contributed by atoms with E-state index in [0.717, 1.165) is 6.07 Å². The quantitative estimate of drug-likeness (QED) is 0.861. The van der Waals surface area contributed by atoms with Crippen molar-refractivity contribution in [3.8, 4) is 0 Å². The molecule has 4 heteroatoms. The molecule has 1 unspecified atom stereocenters. The summed E-state index contributed by atoms with van der Waals surface area (Å²) in [5.74, 6) is -1.22. The molecular weight excluding hydrogens is 212 g/mol. The Morgan fingerprint density at radius 2 is 1.75 bits per heavy atom. The molecule has 0 aliphatic heterocycles. The molecular formula is C12H17F2NO. The molecule has 0 fully saturated rings. The van der Waals surface area contributed by atoms with Gasteiger partial charge in [0.2, 0.25) is 0 Å². The first-order valence-electron chi connectivity index (χ1n) is 5.11. The van der Waals surface area contributed by atoms with Gasteiger partial charge in [-0.1, -0.05) is 0 Å². The molecule has 0 aromatic heterocycles. The molecule has 0 amide bonds. The van der Waals surface area contributed by atoms with E-state index in [9.17, 15) is 8.78 Å². The smallest absolute Gasteiger partial charge is 0.126 e. The first-order chi connectivity index (χ1) is 7.34. The van der Waals surface area contributed by atoms with E-state index in [-0.39, 0.29) is 0 Å². The molecule has 0 saturated heterocycles. The van der Waals surface area contributed by atoms with Gasteiger partial charge in [0, 0.05) is 19.2 Å². The minimum Gasteiger partial charge on any atom is -0.379 e.